The predicted octanol–water partition coefficient (Wildman–Crippen LogP) is 1.04. The second kappa shape index (κ2) is 7.24. The number of hydrogen-bond donors (Lipinski definition) is 2. The number of carbonyl (C=O) groups excluding carboxylic acids is 1. The molecule has 2 N–H and O–H groups in total. The average molecular weight is 223 g/mol. The molecule has 0 aromatic carbocycles. The maximum Gasteiger partial charge on any atom is 0.220 e. The largest absolute Gasteiger partial charge is 0.355 e. The van der Waals surface area contributed by atoms with E-state index in [0.717, 1.165) is 13.1 Å². The molecule has 1 saturated heterocycles. The molecule has 1 aliphatic heterocycles. The number of nitrogens with zero attached hydrogens (tertiary/aromatic N) is 1. The van der Waals surface area contributed by atoms with Gasteiger partial charge in [-0.15, -0.1) is 0 Å². The Hall–Kier alpha value is -1.08. The fourth-order valence-corrected chi connectivity index (χ4v) is 2.15. The first kappa shape index (κ1) is 13.0. The summed E-state index contributed by atoms with van der Waals surface area (Å²) >= 11 is 0. The van der Waals surface area contributed by atoms with Crippen LogP contribution in [0.5, 0.6) is 0 Å². The van der Waals surface area contributed by atoms with Crippen molar-refractivity contribution in [3.05, 3.63) is 0 Å². The van der Waals surface area contributed by atoms with Crippen LogP contribution in [0, 0.1) is 23.2 Å². The first-order chi connectivity index (χ1) is 7.74. The van der Waals surface area contributed by atoms with Gasteiger partial charge in [0, 0.05) is 13.0 Å². The lowest BCUT2D eigenvalue weighted by atomic mass is 9.85. The van der Waals surface area contributed by atoms with Gasteiger partial charge in [0.1, 0.15) is 0 Å². The minimum absolute atomic E-state index is 0.0772. The zero-order chi connectivity index (χ0) is 11.8. The van der Waals surface area contributed by atoms with Crippen molar-refractivity contribution in [1.82, 2.24) is 10.6 Å². The Morgan fingerprint density at radius 3 is 3.12 bits per heavy atom. The van der Waals surface area contributed by atoms with Crippen LogP contribution >= 0.6 is 0 Å². The number of piperidine rings is 1. The molecule has 0 spiro atoms. The summed E-state index contributed by atoms with van der Waals surface area (Å²) < 4.78 is 0. The summed E-state index contributed by atoms with van der Waals surface area (Å²) in [4.78, 5) is 11.5. The molecular weight excluding hydrogens is 202 g/mol. The zero-order valence-corrected chi connectivity index (χ0v) is 9.96. The second-order valence-electron chi connectivity index (χ2n) is 4.55. The van der Waals surface area contributed by atoms with E-state index < -0.39 is 0 Å². The third-order valence-electron chi connectivity index (χ3n) is 3.21. The van der Waals surface area contributed by atoms with Crippen LogP contribution in [-0.4, -0.2) is 25.5 Å². The van der Waals surface area contributed by atoms with Crippen LogP contribution in [-0.2, 0) is 4.79 Å². The van der Waals surface area contributed by atoms with Gasteiger partial charge in [-0.2, -0.15) is 5.26 Å². The van der Waals surface area contributed by atoms with Crippen molar-refractivity contribution in [2.24, 2.45) is 11.8 Å². The second-order valence-corrected chi connectivity index (χ2v) is 4.55. The molecule has 1 amide bonds. The molecule has 16 heavy (non-hydrogen) atoms. The summed E-state index contributed by atoms with van der Waals surface area (Å²) in [6, 6.07) is 2.02. The highest BCUT2D eigenvalue weighted by molar-refractivity contribution is 5.76. The van der Waals surface area contributed by atoms with Gasteiger partial charge in [0.2, 0.25) is 5.91 Å². The molecule has 2 atom stereocenters. The number of rotatable bonds is 5. The molecule has 1 fully saturated rings. The molecule has 1 rings (SSSR count). The summed E-state index contributed by atoms with van der Waals surface area (Å²) in [6.07, 6.45) is 3.41. The Balaban J connectivity index is 2.19. The van der Waals surface area contributed by atoms with Crippen molar-refractivity contribution < 1.29 is 4.79 Å². The van der Waals surface area contributed by atoms with E-state index in [2.05, 4.69) is 17.6 Å². The lowest BCUT2D eigenvalue weighted by Crippen LogP contribution is -2.35. The SMILES string of the molecule is CC(CC(=O)NCCC#N)C1CCCNC1. The highest BCUT2D eigenvalue weighted by Gasteiger charge is 2.21. The predicted molar refractivity (Wildman–Crippen MR) is 62.6 cm³/mol. The maximum atomic E-state index is 11.5. The smallest absolute Gasteiger partial charge is 0.220 e. The first-order valence-electron chi connectivity index (χ1n) is 6.08. The number of hydrogen-bond acceptors (Lipinski definition) is 3. The van der Waals surface area contributed by atoms with Gasteiger partial charge in [0.25, 0.3) is 0 Å². The molecule has 4 nitrogen and oxygen atoms in total. The molecule has 90 valence electrons. The Morgan fingerprint density at radius 1 is 1.69 bits per heavy atom. The molecule has 0 aliphatic carbocycles. The lowest BCUT2D eigenvalue weighted by molar-refractivity contribution is -0.122. The number of carbonyl (C=O) groups is 1. The van der Waals surface area contributed by atoms with E-state index in [1.54, 1.807) is 0 Å². The monoisotopic (exact) mass is 223 g/mol. The Bertz CT molecular complexity index is 253. The van der Waals surface area contributed by atoms with Crippen molar-refractivity contribution in [3.63, 3.8) is 0 Å². The molecule has 2 unspecified atom stereocenters. The van der Waals surface area contributed by atoms with Crippen molar-refractivity contribution in [3.8, 4) is 6.07 Å². The van der Waals surface area contributed by atoms with Crippen LogP contribution in [0.15, 0.2) is 0 Å². The van der Waals surface area contributed by atoms with E-state index >= 15 is 0 Å². The molecule has 0 radical (unpaired) electrons. The molecule has 0 aromatic heterocycles. The third kappa shape index (κ3) is 4.63. The van der Waals surface area contributed by atoms with Crippen molar-refractivity contribution >= 4 is 5.91 Å². The molecule has 0 saturated carbocycles. The molecule has 1 aliphatic rings. The maximum absolute atomic E-state index is 11.5. The summed E-state index contributed by atoms with van der Waals surface area (Å²) in [7, 11) is 0. The van der Waals surface area contributed by atoms with E-state index in [4.69, 9.17) is 5.26 Å². The highest BCUT2D eigenvalue weighted by Crippen LogP contribution is 2.22. The van der Waals surface area contributed by atoms with E-state index in [0.29, 0.717) is 31.2 Å². The van der Waals surface area contributed by atoms with Crippen LogP contribution in [0.25, 0.3) is 0 Å². The zero-order valence-electron chi connectivity index (χ0n) is 9.96. The quantitative estimate of drug-likeness (QED) is 0.684. The van der Waals surface area contributed by atoms with Crippen LogP contribution in [0.1, 0.15) is 32.6 Å². The summed E-state index contributed by atoms with van der Waals surface area (Å²) in [5.41, 5.74) is 0. The van der Waals surface area contributed by atoms with Gasteiger partial charge in [-0.3, -0.25) is 4.79 Å². The van der Waals surface area contributed by atoms with Crippen molar-refractivity contribution in [1.29, 1.82) is 5.26 Å². The van der Waals surface area contributed by atoms with Crippen LogP contribution in [0.3, 0.4) is 0 Å². The average Bonchev–Trinajstić information content (AvgIpc) is 2.30. The highest BCUT2D eigenvalue weighted by atomic mass is 16.1. The van der Waals surface area contributed by atoms with Gasteiger partial charge >= 0.3 is 0 Å². The summed E-state index contributed by atoms with van der Waals surface area (Å²) in [5, 5.41) is 14.5. The van der Waals surface area contributed by atoms with Crippen LogP contribution < -0.4 is 10.6 Å². The minimum Gasteiger partial charge on any atom is -0.355 e. The van der Waals surface area contributed by atoms with E-state index in [1.165, 1.54) is 12.8 Å². The Labute approximate surface area is 97.4 Å². The van der Waals surface area contributed by atoms with Gasteiger partial charge < -0.3 is 10.6 Å². The molecular formula is C12H21N3O. The number of amides is 1. The summed E-state index contributed by atoms with van der Waals surface area (Å²) in [5.74, 6) is 1.12. The van der Waals surface area contributed by atoms with Crippen LogP contribution in [0.4, 0.5) is 0 Å². The van der Waals surface area contributed by atoms with Crippen molar-refractivity contribution in [2.75, 3.05) is 19.6 Å². The fourth-order valence-electron chi connectivity index (χ4n) is 2.15. The van der Waals surface area contributed by atoms with Gasteiger partial charge in [0.15, 0.2) is 0 Å². The molecule has 0 bridgehead atoms. The topological polar surface area (TPSA) is 64.9 Å². The Kier molecular flexibility index (Phi) is 5.87. The van der Waals surface area contributed by atoms with Gasteiger partial charge in [-0.1, -0.05) is 6.92 Å². The lowest BCUT2D eigenvalue weighted by Gasteiger charge is -2.27. The van der Waals surface area contributed by atoms with E-state index in [1.807, 2.05) is 6.07 Å². The van der Waals surface area contributed by atoms with Crippen LogP contribution in [0.2, 0.25) is 0 Å². The van der Waals surface area contributed by atoms with Crippen molar-refractivity contribution in [2.45, 2.75) is 32.6 Å². The van der Waals surface area contributed by atoms with E-state index in [9.17, 15) is 4.79 Å². The first-order valence-corrected chi connectivity index (χ1v) is 6.08. The molecule has 0 aromatic rings. The Morgan fingerprint density at radius 2 is 2.50 bits per heavy atom. The normalized spacial score (nSPS) is 22.1. The van der Waals surface area contributed by atoms with Gasteiger partial charge in [-0.25, -0.2) is 0 Å². The van der Waals surface area contributed by atoms with Gasteiger partial charge in [-0.05, 0) is 37.8 Å². The third-order valence-corrected chi connectivity index (χ3v) is 3.21. The number of nitrogens with one attached hydrogen (secondary N) is 2. The standard InChI is InChI=1S/C12H21N3O/c1-10(11-4-2-6-14-9-11)8-12(16)15-7-3-5-13/h10-11,14H,2-4,6-9H2,1H3,(H,15,16). The minimum atomic E-state index is 0.0772. The molecule has 1 heterocycles. The van der Waals surface area contributed by atoms with Gasteiger partial charge in [0.05, 0.1) is 12.5 Å². The number of nitriles is 1. The summed E-state index contributed by atoms with van der Waals surface area (Å²) in [6.45, 7) is 4.76. The van der Waals surface area contributed by atoms with E-state index in [-0.39, 0.29) is 5.91 Å². The fraction of sp³-hybridized carbons (Fsp3) is 0.833. The molecule has 4 heteroatoms.